The predicted molar refractivity (Wildman–Crippen MR) is 72.5 cm³/mol. The second kappa shape index (κ2) is 8.50. The van der Waals surface area contributed by atoms with Crippen LogP contribution >= 0.6 is 0 Å². The maximum Gasteiger partial charge on any atom is 0.336 e. The largest absolute Gasteiger partial charge is 0.419 e. The van der Waals surface area contributed by atoms with E-state index in [1.165, 1.54) is 13.8 Å². The van der Waals surface area contributed by atoms with Gasteiger partial charge in [-0.25, -0.2) is 9.59 Å². The lowest BCUT2D eigenvalue weighted by Gasteiger charge is -2.23. The van der Waals surface area contributed by atoms with E-state index in [4.69, 9.17) is 14.6 Å². The van der Waals surface area contributed by atoms with Crippen molar-refractivity contribution in [2.24, 2.45) is 0 Å². The van der Waals surface area contributed by atoms with E-state index in [-0.39, 0.29) is 24.0 Å². The quantitative estimate of drug-likeness (QED) is 0.394. The summed E-state index contributed by atoms with van der Waals surface area (Å²) in [5.41, 5.74) is 0.230. The third-order valence-electron chi connectivity index (χ3n) is 2.34. The number of ether oxygens (including phenoxy) is 2. The molecule has 0 radical (unpaired) electrons. The van der Waals surface area contributed by atoms with Crippen molar-refractivity contribution in [1.29, 1.82) is 0 Å². The smallest absolute Gasteiger partial charge is 0.336 e. The fourth-order valence-corrected chi connectivity index (χ4v) is 1.14. The maximum absolute atomic E-state index is 11.5. The van der Waals surface area contributed by atoms with Gasteiger partial charge >= 0.3 is 11.9 Å². The summed E-state index contributed by atoms with van der Waals surface area (Å²) in [6.07, 6.45) is -2.94. The fourth-order valence-electron chi connectivity index (χ4n) is 1.14. The zero-order valence-corrected chi connectivity index (χ0v) is 12.1. The highest BCUT2D eigenvalue weighted by Crippen LogP contribution is 2.13. The van der Waals surface area contributed by atoms with Gasteiger partial charge in [0.25, 0.3) is 6.29 Å². The van der Waals surface area contributed by atoms with Crippen LogP contribution < -0.4 is 0 Å². The minimum atomic E-state index is -1.46. The zero-order chi connectivity index (χ0) is 15.9. The van der Waals surface area contributed by atoms with Crippen LogP contribution in [0.15, 0.2) is 24.3 Å². The Bertz CT molecular complexity index is 357. The minimum Gasteiger partial charge on any atom is -0.419 e. The highest BCUT2D eigenvalue weighted by molar-refractivity contribution is 5.88. The van der Waals surface area contributed by atoms with Gasteiger partial charge in [0.05, 0.1) is 6.10 Å². The summed E-state index contributed by atoms with van der Waals surface area (Å²) in [7, 11) is 0. The lowest BCUT2D eigenvalue weighted by molar-refractivity contribution is -0.202. The first-order valence-electron chi connectivity index (χ1n) is 6.24. The summed E-state index contributed by atoms with van der Waals surface area (Å²) < 4.78 is 9.75. The van der Waals surface area contributed by atoms with Crippen molar-refractivity contribution >= 4 is 11.9 Å². The number of hydrogen-bond acceptors (Lipinski definition) is 6. The molecule has 0 spiro atoms. The number of aliphatic hydroxyl groups is 2. The Morgan fingerprint density at radius 1 is 1.00 bits per heavy atom. The van der Waals surface area contributed by atoms with Gasteiger partial charge in [0.15, 0.2) is 0 Å². The van der Waals surface area contributed by atoms with E-state index in [1.807, 2.05) is 0 Å². The van der Waals surface area contributed by atoms with Gasteiger partial charge < -0.3 is 19.7 Å². The molecule has 0 aromatic heterocycles. The van der Waals surface area contributed by atoms with Crippen molar-refractivity contribution in [2.75, 3.05) is 0 Å². The monoisotopic (exact) mass is 286 g/mol. The molecule has 2 atom stereocenters. The normalized spacial score (nSPS) is 13.5. The number of hydrogen-bond donors (Lipinski definition) is 2. The first kappa shape index (κ1) is 18.3. The molecule has 0 saturated carbocycles. The van der Waals surface area contributed by atoms with Gasteiger partial charge in [-0.15, -0.1) is 0 Å². The predicted octanol–water partition coefficient (Wildman–Crippen LogP) is 1.07. The molecule has 0 fully saturated rings. The van der Waals surface area contributed by atoms with E-state index >= 15 is 0 Å². The summed E-state index contributed by atoms with van der Waals surface area (Å²) in [6, 6.07) is 0. The molecule has 0 bridgehead atoms. The topological polar surface area (TPSA) is 93.1 Å². The molecule has 0 rings (SSSR count). The van der Waals surface area contributed by atoms with Gasteiger partial charge in [0.2, 0.25) is 0 Å². The lowest BCUT2D eigenvalue weighted by atomic mass is 10.1. The van der Waals surface area contributed by atoms with Crippen LogP contribution in [0.1, 0.15) is 33.6 Å². The molecular formula is C14H22O6. The summed E-state index contributed by atoms with van der Waals surface area (Å²) >= 11 is 0. The molecule has 0 aliphatic carbocycles. The van der Waals surface area contributed by atoms with Gasteiger partial charge in [0.1, 0.15) is 6.10 Å². The second-order valence-electron chi connectivity index (χ2n) is 4.73. The van der Waals surface area contributed by atoms with Crippen LogP contribution in [-0.4, -0.2) is 40.6 Å². The molecule has 6 nitrogen and oxygen atoms in total. The average Bonchev–Trinajstić information content (AvgIpc) is 2.34. The van der Waals surface area contributed by atoms with Crippen molar-refractivity contribution in [1.82, 2.24) is 0 Å². The van der Waals surface area contributed by atoms with Crippen molar-refractivity contribution in [3.63, 3.8) is 0 Å². The molecule has 0 amide bonds. The number of aliphatic hydroxyl groups excluding tert-OH is 2. The lowest BCUT2D eigenvalue weighted by Crippen LogP contribution is -2.36. The molecule has 6 heteroatoms. The molecule has 114 valence electrons. The molecule has 20 heavy (non-hydrogen) atoms. The first-order valence-corrected chi connectivity index (χ1v) is 6.24. The highest BCUT2D eigenvalue weighted by Gasteiger charge is 2.28. The Balaban J connectivity index is 4.76. The van der Waals surface area contributed by atoms with Gasteiger partial charge in [-0.05, 0) is 33.6 Å². The maximum atomic E-state index is 11.5. The molecule has 0 aromatic rings. The number of carbonyl (C=O) groups excluding carboxylic acids is 2. The van der Waals surface area contributed by atoms with E-state index in [1.54, 1.807) is 6.92 Å². The van der Waals surface area contributed by atoms with Crippen molar-refractivity contribution in [3.8, 4) is 0 Å². The van der Waals surface area contributed by atoms with Gasteiger partial charge in [-0.2, -0.15) is 0 Å². The minimum absolute atomic E-state index is 0.106. The van der Waals surface area contributed by atoms with Crippen LogP contribution in [0.5, 0.6) is 0 Å². The van der Waals surface area contributed by atoms with E-state index in [2.05, 4.69) is 13.2 Å². The van der Waals surface area contributed by atoms with Crippen LogP contribution in [0.4, 0.5) is 0 Å². The highest BCUT2D eigenvalue weighted by atomic mass is 16.7. The third-order valence-corrected chi connectivity index (χ3v) is 2.34. The van der Waals surface area contributed by atoms with E-state index in [9.17, 15) is 14.7 Å². The number of carbonyl (C=O) groups is 2. The average molecular weight is 286 g/mol. The van der Waals surface area contributed by atoms with E-state index < -0.39 is 30.4 Å². The molecule has 0 aliphatic heterocycles. The van der Waals surface area contributed by atoms with Crippen molar-refractivity contribution in [3.05, 3.63) is 24.3 Å². The summed E-state index contributed by atoms with van der Waals surface area (Å²) in [4.78, 5) is 22.9. The molecule has 2 unspecified atom stereocenters. The van der Waals surface area contributed by atoms with Crippen LogP contribution in [0, 0.1) is 0 Å². The Morgan fingerprint density at radius 3 is 1.70 bits per heavy atom. The van der Waals surface area contributed by atoms with Crippen LogP contribution in [0.3, 0.4) is 0 Å². The fraction of sp³-hybridized carbons (Fsp3) is 0.571. The summed E-state index contributed by atoms with van der Waals surface area (Å²) in [5.74, 6) is -1.55. The zero-order valence-electron chi connectivity index (χ0n) is 12.1. The van der Waals surface area contributed by atoms with Crippen molar-refractivity contribution < 1.29 is 29.3 Å². The Morgan fingerprint density at radius 2 is 1.40 bits per heavy atom. The first-order chi connectivity index (χ1) is 9.15. The van der Waals surface area contributed by atoms with E-state index in [0.29, 0.717) is 0 Å². The number of rotatable bonds is 8. The molecular weight excluding hydrogens is 264 g/mol. The van der Waals surface area contributed by atoms with Crippen LogP contribution in [-0.2, 0) is 19.1 Å². The Kier molecular flexibility index (Phi) is 7.79. The Hall–Kier alpha value is -1.66. The third kappa shape index (κ3) is 7.06. The van der Waals surface area contributed by atoms with Gasteiger partial charge in [0, 0.05) is 11.1 Å². The van der Waals surface area contributed by atoms with Gasteiger partial charge in [-0.1, -0.05) is 13.2 Å². The van der Waals surface area contributed by atoms with Crippen LogP contribution in [0.2, 0.25) is 0 Å². The molecule has 0 heterocycles. The standard InChI is InChI=1S/C14H22O6/c1-8(2)12(17)19-14(20-13(18)9(3)4)11(16)7-6-10(5)15/h10-11,14-16H,1,3,6-7H2,2,4-5H3. The Labute approximate surface area is 118 Å². The second-order valence-corrected chi connectivity index (χ2v) is 4.73. The number of esters is 2. The van der Waals surface area contributed by atoms with Crippen molar-refractivity contribution in [2.45, 2.75) is 52.1 Å². The summed E-state index contributed by atoms with van der Waals surface area (Å²) in [6.45, 7) is 11.2. The molecule has 0 aliphatic rings. The molecule has 0 aromatic carbocycles. The molecule has 2 N–H and O–H groups in total. The molecule has 0 saturated heterocycles. The SMILES string of the molecule is C=C(C)C(=O)OC(OC(=O)C(=C)C)C(O)CCC(C)O. The summed E-state index contributed by atoms with van der Waals surface area (Å²) in [5, 5.41) is 19.1. The van der Waals surface area contributed by atoms with Gasteiger partial charge in [-0.3, -0.25) is 0 Å². The van der Waals surface area contributed by atoms with Crippen LogP contribution in [0.25, 0.3) is 0 Å². The van der Waals surface area contributed by atoms with E-state index in [0.717, 1.165) is 0 Å².